The number of ether oxygens (including phenoxy) is 1. The number of halogens is 1. The van der Waals surface area contributed by atoms with E-state index in [9.17, 15) is 0 Å². The molecule has 2 aromatic carbocycles. The number of nitrogens with one attached hydrogen (secondary N) is 1. The van der Waals surface area contributed by atoms with Gasteiger partial charge >= 0.3 is 0 Å². The standard InChI is InChI=1S/C22H21ClN4OS/c23-18-4-1-17(2-5-18)3-8-21(15-26-12-11-25-16-26)28-20-9-6-19(7-10-20)27-13-14-29-22(27)24/h1-2,4-7,9-14,16,21,24H,3,8,15H2. The number of imidazole rings is 1. The van der Waals surface area contributed by atoms with Gasteiger partial charge in [-0.2, -0.15) is 0 Å². The molecule has 1 N–H and O–H groups in total. The summed E-state index contributed by atoms with van der Waals surface area (Å²) in [5.41, 5.74) is 2.19. The second-order valence-corrected chi connectivity index (χ2v) is 8.07. The van der Waals surface area contributed by atoms with E-state index in [4.69, 9.17) is 21.7 Å². The summed E-state index contributed by atoms with van der Waals surface area (Å²) >= 11 is 7.39. The molecule has 1 unspecified atom stereocenters. The van der Waals surface area contributed by atoms with Crippen molar-refractivity contribution in [3.63, 3.8) is 0 Å². The van der Waals surface area contributed by atoms with E-state index in [-0.39, 0.29) is 6.10 Å². The van der Waals surface area contributed by atoms with E-state index in [1.807, 2.05) is 69.6 Å². The Kier molecular flexibility index (Phi) is 6.12. The number of benzene rings is 2. The van der Waals surface area contributed by atoms with E-state index >= 15 is 0 Å². The fourth-order valence-corrected chi connectivity index (χ4v) is 3.87. The Bertz CT molecular complexity index is 1090. The highest BCUT2D eigenvalue weighted by molar-refractivity contribution is 7.07. The van der Waals surface area contributed by atoms with Crippen LogP contribution >= 0.6 is 22.9 Å². The zero-order chi connectivity index (χ0) is 20.1. The topological polar surface area (TPSA) is 55.8 Å². The van der Waals surface area contributed by atoms with Crippen LogP contribution in [-0.2, 0) is 13.0 Å². The van der Waals surface area contributed by atoms with E-state index in [1.54, 1.807) is 6.20 Å². The first kappa shape index (κ1) is 19.5. The Morgan fingerprint density at radius 3 is 2.52 bits per heavy atom. The number of hydrogen-bond donors (Lipinski definition) is 1. The smallest absolute Gasteiger partial charge is 0.186 e. The number of thiazole rings is 1. The van der Waals surface area contributed by atoms with Gasteiger partial charge in [0.05, 0.1) is 12.9 Å². The molecule has 0 saturated carbocycles. The summed E-state index contributed by atoms with van der Waals surface area (Å²) in [6.07, 6.45) is 9.22. The Balaban J connectivity index is 1.46. The van der Waals surface area contributed by atoms with Crippen LogP contribution in [0, 0.1) is 5.41 Å². The van der Waals surface area contributed by atoms with Crippen LogP contribution in [0.2, 0.25) is 5.02 Å². The van der Waals surface area contributed by atoms with E-state index in [1.165, 1.54) is 16.9 Å². The van der Waals surface area contributed by atoms with Gasteiger partial charge in [-0.25, -0.2) is 4.98 Å². The first-order valence-electron chi connectivity index (χ1n) is 9.35. The van der Waals surface area contributed by atoms with Gasteiger partial charge in [-0.3, -0.25) is 9.98 Å². The number of aryl methyl sites for hydroxylation is 1. The second kappa shape index (κ2) is 9.11. The molecule has 2 aromatic heterocycles. The predicted octanol–water partition coefficient (Wildman–Crippen LogP) is 4.95. The molecule has 0 aliphatic rings. The van der Waals surface area contributed by atoms with Crippen molar-refractivity contribution in [2.24, 2.45) is 0 Å². The highest BCUT2D eigenvalue weighted by atomic mass is 35.5. The van der Waals surface area contributed by atoms with Crippen molar-refractivity contribution in [1.29, 1.82) is 5.41 Å². The highest BCUT2D eigenvalue weighted by Crippen LogP contribution is 2.19. The maximum Gasteiger partial charge on any atom is 0.186 e. The average molecular weight is 425 g/mol. The van der Waals surface area contributed by atoms with Crippen LogP contribution in [-0.4, -0.2) is 20.2 Å². The van der Waals surface area contributed by atoms with Crippen LogP contribution < -0.4 is 9.54 Å². The van der Waals surface area contributed by atoms with Gasteiger partial charge in [-0.05, 0) is 54.8 Å². The van der Waals surface area contributed by atoms with Crippen LogP contribution in [0.25, 0.3) is 5.69 Å². The van der Waals surface area contributed by atoms with Gasteiger partial charge in [-0.1, -0.05) is 23.7 Å². The zero-order valence-electron chi connectivity index (χ0n) is 15.7. The molecule has 0 aliphatic heterocycles. The molecule has 7 heteroatoms. The van der Waals surface area contributed by atoms with Gasteiger partial charge in [0.1, 0.15) is 11.9 Å². The van der Waals surface area contributed by atoms with Gasteiger partial charge in [-0.15, -0.1) is 11.3 Å². The summed E-state index contributed by atoms with van der Waals surface area (Å²) < 4.78 is 10.2. The molecule has 4 aromatic rings. The maximum absolute atomic E-state index is 7.95. The number of nitrogens with zero attached hydrogens (tertiary/aromatic N) is 3. The van der Waals surface area contributed by atoms with Crippen LogP contribution in [0.5, 0.6) is 5.75 Å². The van der Waals surface area contributed by atoms with Crippen LogP contribution in [0.1, 0.15) is 12.0 Å². The molecule has 1 atom stereocenters. The summed E-state index contributed by atoms with van der Waals surface area (Å²) in [5.74, 6) is 0.817. The monoisotopic (exact) mass is 424 g/mol. The molecule has 2 heterocycles. The molecular weight excluding hydrogens is 404 g/mol. The first-order chi connectivity index (χ1) is 14.2. The van der Waals surface area contributed by atoms with Crippen molar-refractivity contribution < 1.29 is 4.74 Å². The normalized spacial score (nSPS) is 12.0. The van der Waals surface area contributed by atoms with Gasteiger partial charge in [0.2, 0.25) is 0 Å². The minimum Gasteiger partial charge on any atom is -0.489 e. The lowest BCUT2D eigenvalue weighted by Crippen LogP contribution is -2.23. The molecule has 0 spiro atoms. The highest BCUT2D eigenvalue weighted by Gasteiger charge is 2.13. The predicted molar refractivity (Wildman–Crippen MR) is 116 cm³/mol. The van der Waals surface area contributed by atoms with Crippen molar-refractivity contribution in [3.8, 4) is 11.4 Å². The largest absolute Gasteiger partial charge is 0.489 e. The molecule has 0 amide bonds. The summed E-state index contributed by atoms with van der Waals surface area (Å²) in [5, 5.41) is 10.6. The number of rotatable bonds is 8. The fourth-order valence-electron chi connectivity index (χ4n) is 3.16. The quantitative estimate of drug-likeness (QED) is 0.435. The third kappa shape index (κ3) is 5.16. The van der Waals surface area contributed by atoms with Gasteiger partial charge in [0.15, 0.2) is 4.80 Å². The molecule has 4 rings (SSSR count). The van der Waals surface area contributed by atoms with E-state index in [2.05, 4.69) is 17.1 Å². The van der Waals surface area contributed by atoms with Crippen molar-refractivity contribution in [1.82, 2.24) is 14.1 Å². The molecule has 0 radical (unpaired) electrons. The van der Waals surface area contributed by atoms with Gasteiger partial charge < -0.3 is 9.30 Å². The lowest BCUT2D eigenvalue weighted by molar-refractivity contribution is 0.170. The van der Waals surface area contributed by atoms with Gasteiger partial charge in [0.25, 0.3) is 0 Å². The molecule has 0 saturated heterocycles. The molecule has 29 heavy (non-hydrogen) atoms. The van der Waals surface area contributed by atoms with Crippen LogP contribution in [0.4, 0.5) is 0 Å². The zero-order valence-corrected chi connectivity index (χ0v) is 17.3. The average Bonchev–Trinajstić information content (AvgIpc) is 3.40. The third-order valence-electron chi connectivity index (χ3n) is 4.67. The summed E-state index contributed by atoms with van der Waals surface area (Å²) in [7, 11) is 0. The van der Waals surface area contributed by atoms with E-state index < -0.39 is 0 Å². The summed E-state index contributed by atoms with van der Waals surface area (Å²) in [6, 6.07) is 15.8. The van der Waals surface area contributed by atoms with Crippen molar-refractivity contribution >= 4 is 22.9 Å². The lowest BCUT2D eigenvalue weighted by atomic mass is 10.1. The van der Waals surface area contributed by atoms with Crippen molar-refractivity contribution in [3.05, 3.63) is 94.2 Å². The SMILES string of the molecule is N=c1sccn1-c1ccc(OC(CCc2ccc(Cl)cc2)Cn2ccnc2)cc1. The van der Waals surface area contributed by atoms with E-state index in [0.717, 1.165) is 35.8 Å². The minimum absolute atomic E-state index is 0.00580. The minimum atomic E-state index is 0.00580. The third-order valence-corrected chi connectivity index (χ3v) is 5.60. The molecule has 148 valence electrons. The Labute approximate surface area is 178 Å². The molecule has 5 nitrogen and oxygen atoms in total. The van der Waals surface area contributed by atoms with Crippen molar-refractivity contribution in [2.75, 3.05) is 0 Å². The number of hydrogen-bond acceptors (Lipinski definition) is 4. The van der Waals surface area contributed by atoms with Crippen LogP contribution in [0.15, 0.2) is 78.8 Å². The number of aromatic nitrogens is 3. The lowest BCUT2D eigenvalue weighted by Gasteiger charge is -2.20. The first-order valence-corrected chi connectivity index (χ1v) is 10.6. The molecule has 0 bridgehead atoms. The maximum atomic E-state index is 7.95. The summed E-state index contributed by atoms with van der Waals surface area (Å²) in [4.78, 5) is 4.63. The Hall–Kier alpha value is -2.83. The molecule has 0 fully saturated rings. The summed E-state index contributed by atoms with van der Waals surface area (Å²) in [6.45, 7) is 0.728. The molecular formula is C22H21ClN4OS. The van der Waals surface area contributed by atoms with Crippen LogP contribution in [0.3, 0.4) is 0 Å². The molecule has 0 aliphatic carbocycles. The fraction of sp³-hybridized carbons (Fsp3) is 0.182. The second-order valence-electron chi connectivity index (χ2n) is 6.74. The Morgan fingerprint density at radius 2 is 1.86 bits per heavy atom. The van der Waals surface area contributed by atoms with E-state index in [0.29, 0.717) is 4.80 Å². The Morgan fingerprint density at radius 1 is 1.07 bits per heavy atom. The van der Waals surface area contributed by atoms with Gasteiger partial charge in [0, 0.05) is 34.7 Å². The van der Waals surface area contributed by atoms with Crippen molar-refractivity contribution in [2.45, 2.75) is 25.5 Å².